The van der Waals surface area contributed by atoms with E-state index in [0.717, 1.165) is 54.2 Å². The summed E-state index contributed by atoms with van der Waals surface area (Å²) in [4.78, 5) is 11.7. The minimum Gasteiger partial charge on any atom is -0.393 e. The van der Waals surface area contributed by atoms with Gasteiger partial charge >= 0.3 is 0 Å². The lowest BCUT2D eigenvalue weighted by Gasteiger charge is -2.28. The van der Waals surface area contributed by atoms with Gasteiger partial charge in [0.15, 0.2) is 5.76 Å². The van der Waals surface area contributed by atoms with Gasteiger partial charge in [-0.15, -0.1) is 0 Å². The van der Waals surface area contributed by atoms with E-state index in [9.17, 15) is 5.11 Å². The number of nitrogens with zero attached hydrogens (tertiary/aromatic N) is 4. The van der Waals surface area contributed by atoms with Gasteiger partial charge in [0.1, 0.15) is 5.69 Å². The van der Waals surface area contributed by atoms with Crippen molar-refractivity contribution in [2.75, 3.05) is 18.4 Å². The highest BCUT2D eigenvalue weighted by atomic mass is 16.5. The summed E-state index contributed by atoms with van der Waals surface area (Å²) in [5.41, 5.74) is 3.56. The molecule has 0 amide bonds. The third-order valence-electron chi connectivity index (χ3n) is 6.58. The Morgan fingerprint density at radius 3 is 2.56 bits per heavy atom. The molecule has 0 atom stereocenters. The molecule has 1 aliphatic heterocycles. The highest BCUT2D eigenvalue weighted by molar-refractivity contribution is 5.80. The van der Waals surface area contributed by atoms with Crippen molar-refractivity contribution in [1.29, 1.82) is 0 Å². The molecule has 0 bridgehead atoms. The smallest absolute Gasteiger partial charge is 0.223 e. The van der Waals surface area contributed by atoms with Crippen LogP contribution in [0.4, 0.5) is 5.95 Å². The first-order chi connectivity index (χ1) is 15.8. The predicted molar refractivity (Wildman–Crippen MR) is 124 cm³/mol. The van der Waals surface area contributed by atoms with Crippen molar-refractivity contribution >= 4 is 5.95 Å². The van der Waals surface area contributed by atoms with Crippen LogP contribution in [0.3, 0.4) is 0 Å². The van der Waals surface area contributed by atoms with Crippen LogP contribution in [-0.4, -0.2) is 50.4 Å². The number of benzene rings is 1. The summed E-state index contributed by atoms with van der Waals surface area (Å²) in [6, 6.07) is 12.5. The highest BCUT2D eigenvalue weighted by Gasteiger charge is 2.25. The van der Waals surface area contributed by atoms with E-state index >= 15 is 0 Å². The standard InChI is InChI=1S/C25H31N5O2/c31-20-12-15-30(16-13-20)17-22-23(24(29-32-22)18-7-3-1-4-8-18)21-11-14-26-25(28-21)27-19-9-5-2-6-10-19/h1,3-4,7-8,11,14,19-20,31H,2,5-6,9-10,12-13,15-17H2,(H,26,27,28). The zero-order chi connectivity index (χ0) is 21.8. The lowest BCUT2D eigenvalue weighted by Crippen LogP contribution is -2.35. The summed E-state index contributed by atoms with van der Waals surface area (Å²) in [6.07, 6.45) is 9.37. The van der Waals surface area contributed by atoms with Crippen molar-refractivity contribution in [3.8, 4) is 22.5 Å². The fraction of sp³-hybridized carbons (Fsp3) is 0.480. The number of aliphatic hydroxyl groups is 1. The molecule has 1 aromatic carbocycles. The number of hydrogen-bond donors (Lipinski definition) is 2. The maximum Gasteiger partial charge on any atom is 0.223 e. The van der Waals surface area contributed by atoms with Crippen molar-refractivity contribution in [3.63, 3.8) is 0 Å². The Bertz CT molecular complexity index is 1010. The lowest BCUT2D eigenvalue weighted by atomic mass is 9.96. The molecule has 7 nitrogen and oxygen atoms in total. The van der Waals surface area contributed by atoms with E-state index in [1.807, 2.05) is 42.6 Å². The van der Waals surface area contributed by atoms with Gasteiger partial charge in [-0.2, -0.15) is 0 Å². The van der Waals surface area contributed by atoms with E-state index in [4.69, 9.17) is 9.51 Å². The minimum absolute atomic E-state index is 0.199. The average Bonchev–Trinajstić information content (AvgIpc) is 3.25. The van der Waals surface area contributed by atoms with Crippen molar-refractivity contribution < 1.29 is 9.63 Å². The second-order valence-electron chi connectivity index (χ2n) is 8.95. The molecule has 2 aliphatic rings. The Hall–Kier alpha value is -2.77. The molecule has 5 rings (SSSR count). The van der Waals surface area contributed by atoms with Gasteiger partial charge in [0.2, 0.25) is 5.95 Å². The number of aromatic nitrogens is 3. The number of anilines is 1. The van der Waals surface area contributed by atoms with Crippen LogP contribution in [0.25, 0.3) is 22.5 Å². The SMILES string of the molecule is OC1CCN(Cc2onc(-c3ccccc3)c2-c2ccnc(NC3CCCCC3)n2)CC1. The highest BCUT2D eigenvalue weighted by Crippen LogP contribution is 2.35. The zero-order valence-corrected chi connectivity index (χ0v) is 18.4. The Morgan fingerprint density at radius 2 is 1.78 bits per heavy atom. The number of aliphatic hydroxyl groups excluding tert-OH is 1. The second-order valence-corrected chi connectivity index (χ2v) is 8.95. The van der Waals surface area contributed by atoms with Gasteiger partial charge < -0.3 is 14.9 Å². The van der Waals surface area contributed by atoms with Crippen LogP contribution in [0.2, 0.25) is 0 Å². The fourth-order valence-electron chi connectivity index (χ4n) is 4.77. The molecule has 1 saturated carbocycles. The monoisotopic (exact) mass is 433 g/mol. The number of piperidine rings is 1. The molecule has 0 unspecified atom stereocenters. The molecule has 7 heteroatoms. The molecule has 168 valence electrons. The summed E-state index contributed by atoms with van der Waals surface area (Å²) in [7, 11) is 0. The van der Waals surface area contributed by atoms with Crippen LogP contribution in [0, 0.1) is 0 Å². The third-order valence-corrected chi connectivity index (χ3v) is 6.58. The van der Waals surface area contributed by atoms with Crippen molar-refractivity contribution in [2.45, 2.75) is 63.6 Å². The number of rotatable bonds is 6. The van der Waals surface area contributed by atoms with Gasteiger partial charge in [-0.3, -0.25) is 4.90 Å². The van der Waals surface area contributed by atoms with Crippen LogP contribution in [-0.2, 0) is 6.54 Å². The summed E-state index contributed by atoms with van der Waals surface area (Å²) in [6.45, 7) is 2.34. The van der Waals surface area contributed by atoms with E-state index in [1.165, 1.54) is 32.1 Å². The first kappa shape index (κ1) is 21.1. The average molecular weight is 434 g/mol. The summed E-state index contributed by atoms with van der Waals surface area (Å²) in [5, 5.41) is 17.9. The molecule has 3 aromatic rings. The normalized spacial score (nSPS) is 18.7. The van der Waals surface area contributed by atoms with E-state index in [0.29, 0.717) is 18.5 Å². The molecule has 2 N–H and O–H groups in total. The van der Waals surface area contributed by atoms with Gasteiger partial charge in [0.25, 0.3) is 0 Å². The molecule has 2 aromatic heterocycles. The largest absolute Gasteiger partial charge is 0.393 e. The van der Waals surface area contributed by atoms with Crippen LogP contribution in [0.15, 0.2) is 47.1 Å². The van der Waals surface area contributed by atoms with Crippen molar-refractivity contribution in [3.05, 3.63) is 48.4 Å². The number of hydrogen-bond acceptors (Lipinski definition) is 7. The molecular weight excluding hydrogens is 402 g/mol. The van der Waals surface area contributed by atoms with Gasteiger partial charge in [-0.25, -0.2) is 9.97 Å². The van der Waals surface area contributed by atoms with Crippen molar-refractivity contribution in [1.82, 2.24) is 20.0 Å². The number of likely N-dealkylation sites (tertiary alicyclic amines) is 1. The lowest BCUT2D eigenvalue weighted by molar-refractivity contribution is 0.0750. The van der Waals surface area contributed by atoms with Gasteiger partial charge in [0, 0.05) is 30.9 Å². The first-order valence-corrected chi connectivity index (χ1v) is 11.8. The molecule has 1 aliphatic carbocycles. The molecule has 0 spiro atoms. The summed E-state index contributed by atoms with van der Waals surface area (Å²) >= 11 is 0. The fourth-order valence-corrected chi connectivity index (χ4v) is 4.77. The maximum atomic E-state index is 9.86. The predicted octanol–water partition coefficient (Wildman–Crippen LogP) is 4.50. The molecular formula is C25H31N5O2. The Kier molecular flexibility index (Phi) is 6.46. The molecule has 32 heavy (non-hydrogen) atoms. The third kappa shape index (κ3) is 4.84. The van der Waals surface area contributed by atoms with E-state index in [2.05, 4.69) is 20.4 Å². The summed E-state index contributed by atoms with van der Waals surface area (Å²) in [5.74, 6) is 1.48. The number of nitrogens with one attached hydrogen (secondary N) is 1. The Balaban J connectivity index is 1.47. The minimum atomic E-state index is -0.199. The Morgan fingerprint density at radius 1 is 1.00 bits per heavy atom. The molecule has 2 fully saturated rings. The molecule has 0 radical (unpaired) electrons. The van der Waals surface area contributed by atoms with Crippen LogP contribution >= 0.6 is 0 Å². The summed E-state index contributed by atoms with van der Waals surface area (Å²) < 4.78 is 5.89. The van der Waals surface area contributed by atoms with Gasteiger partial charge in [-0.05, 0) is 31.7 Å². The first-order valence-electron chi connectivity index (χ1n) is 11.8. The van der Waals surface area contributed by atoms with Crippen LogP contribution in [0.1, 0.15) is 50.7 Å². The van der Waals surface area contributed by atoms with Crippen molar-refractivity contribution in [2.24, 2.45) is 0 Å². The van der Waals surface area contributed by atoms with E-state index < -0.39 is 0 Å². The maximum absolute atomic E-state index is 9.86. The Labute approximate surface area is 188 Å². The van der Waals surface area contributed by atoms with Gasteiger partial charge in [0.05, 0.1) is 23.9 Å². The van der Waals surface area contributed by atoms with Crippen LogP contribution in [0.5, 0.6) is 0 Å². The zero-order valence-electron chi connectivity index (χ0n) is 18.4. The molecule has 1 saturated heterocycles. The molecule has 3 heterocycles. The van der Waals surface area contributed by atoms with E-state index in [1.54, 1.807) is 0 Å². The second kappa shape index (κ2) is 9.79. The van der Waals surface area contributed by atoms with Crippen LogP contribution < -0.4 is 5.32 Å². The quantitative estimate of drug-likeness (QED) is 0.592. The van der Waals surface area contributed by atoms with E-state index in [-0.39, 0.29) is 6.10 Å². The van der Waals surface area contributed by atoms with Gasteiger partial charge in [-0.1, -0.05) is 54.8 Å². The topological polar surface area (TPSA) is 87.3 Å².